The summed E-state index contributed by atoms with van der Waals surface area (Å²) in [6, 6.07) is 12.0. The Morgan fingerprint density at radius 3 is 2.38 bits per heavy atom. The molecule has 0 fully saturated rings. The molecule has 0 saturated heterocycles. The second kappa shape index (κ2) is 8.33. The normalized spacial score (nSPS) is 11.2. The van der Waals surface area contributed by atoms with Crippen molar-refractivity contribution in [2.24, 2.45) is 0 Å². The van der Waals surface area contributed by atoms with Crippen LogP contribution in [0.15, 0.2) is 47.4 Å². The van der Waals surface area contributed by atoms with Crippen molar-refractivity contribution in [3.63, 3.8) is 0 Å². The summed E-state index contributed by atoms with van der Waals surface area (Å²) in [5.74, 6) is 0.520. The number of carbonyl (C=O) groups excluding carboxylic acids is 1. The zero-order valence-corrected chi connectivity index (χ0v) is 16.3. The van der Waals surface area contributed by atoms with Crippen molar-refractivity contribution < 1.29 is 17.9 Å². The fourth-order valence-corrected chi connectivity index (χ4v) is 3.62. The molecule has 0 unspecified atom stereocenters. The van der Waals surface area contributed by atoms with E-state index >= 15 is 0 Å². The Hall–Kier alpha value is -2.38. The van der Waals surface area contributed by atoms with Crippen LogP contribution in [0, 0.1) is 6.92 Å². The monoisotopic (exact) mass is 376 g/mol. The first-order chi connectivity index (χ1) is 12.3. The SMILES string of the molecule is CCNS(=O)(=O)c1ccc(C)c(C(=O)N(C)Cc2ccc(OC)cc2)c1. The van der Waals surface area contributed by atoms with E-state index < -0.39 is 10.0 Å². The molecule has 0 radical (unpaired) electrons. The number of amides is 1. The van der Waals surface area contributed by atoms with Gasteiger partial charge in [0.15, 0.2) is 0 Å². The first-order valence-electron chi connectivity index (χ1n) is 8.27. The molecule has 2 aromatic rings. The lowest BCUT2D eigenvalue weighted by Crippen LogP contribution is -2.28. The summed E-state index contributed by atoms with van der Waals surface area (Å²) in [4.78, 5) is 14.5. The molecule has 0 aliphatic heterocycles. The van der Waals surface area contributed by atoms with Crippen LogP contribution in [-0.2, 0) is 16.6 Å². The van der Waals surface area contributed by atoms with Gasteiger partial charge in [-0.25, -0.2) is 13.1 Å². The molecule has 2 aromatic carbocycles. The molecule has 2 rings (SSSR count). The van der Waals surface area contributed by atoms with Crippen molar-refractivity contribution in [1.29, 1.82) is 0 Å². The van der Waals surface area contributed by atoms with E-state index in [1.807, 2.05) is 24.3 Å². The number of sulfonamides is 1. The molecule has 140 valence electrons. The number of rotatable bonds is 7. The van der Waals surface area contributed by atoms with E-state index in [-0.39, 0.29) is 17.3 Å². The van der Waals surface area contributed by atoms with Gasteiger partial charge in [0.1, 0.15) is 5.75 Å². The fraction of sp³-hybridized carbons (Fsp3) is 0.316. The third kappa shape index (κ3) is 4.62. The van der Waals surface area contributed by atoms with Crippen molar-refractivity contribution in [2.75, 3.05) is 20.7 Å². The maximum Gasteiger partial charge on any atom is 0.254 e. The second-order valence-electron chi connectivity index (χ2n) is 5.99. The van der Waals surface area contributed by atoms with Crippen LogP contribution in [0.25, 0.3) is 0 Å². The molecule has 26 heavy (non-hydrogen) atoms. The topological polar surface area (TPSA) is 75.7 Å². The minimum atomic E-state index is -3.61. The maximum absolute atomic E-state index is 12.8. The largest absolute Gasteiger partial charge is 0.497 e. The predicted octanol–water partition coefficient (Wildman–Crippen LogP) is 2.57. The van der Waals surface area contributed by atoms with Crippen LogP contribution in [0.4, 0.5) is 0 Å². The Bertz CT molecular complexity index is 877. The number of ether oxygens (including phenoxy) is 1. The van der Waals surface area contributed by atoms with Gasteiger partial charge in [-0.15, -0.1) is 0 Å². The number of hydrogen-bond donors (Lipinski definition) is 1. The average molecular weight is 376 g/mol. The van der Waals surface area contributed by atoms with Gasteiger partial charge in [0.05, 0.1) is 12.0 Å². The number of aryl methyl sites for hydroxylation is 1. The van der Waals surface area contributed by atoms with Crippen LogP contribution in [0.5, 0.6) is 5.75 Å². The standard InChI is InChI=1S/C19H24N2O4S/c1-5-20-26(23,24)17-11-6-14(2)18(12-17)19(22)21(3)13-15-7-9-16(25-4)10-8-15/h6-12,20H,5,13H2,1-4H3. The Labute approximate surface area is 154 Å². The molecule has 7 heteroatoms. The molecular formula is C19H24N2O4S. The summed E-state index contributed by atoms with van der Waals surface area (Å²) in [5, 5.41) is 0. The first kappa shape index (κ1) is 19.9. The van der Waals surface area contributed by atoms with Gasteiger partial charge in [-0.1, -0.05) is 25.1 Å². The Balaban J connectivity index is 2.24. The number of nitrogens with one attached hydrogen (secondary N) is 1. The zero-order valence-electron chi connectivity index (χ0n) is 15.4. The lowest BCUT2D eigenvalue weighted by molar-refractivity contribution is 0.0784. The molecular weight excluding hydrogens is 352 g/mol. The van der Waals surface area contributed by atoms with Gasteiger partial charge < -0.3 is 9.64 Å². The molecule has 0 spiro atoms. The summed E-state index contributed by atoms with van der Waals surface area (Å²) in [7, 11) is -0.319. The van der Waals surface area contributed by atoms with Gasteiger partial charge in [-0.3, -0.25) is 4.79 Å². The van der Waals surface area contributed by atoms with Gasteiger partial charge in [0, 0.05) is 25.7 Å². The summed E-state index contributed by atoms with van der Waals surface area (Å²) in [6.45, 7) is 4.20. The summed E-state index contributed by atoms with van der Waals surface area (Å²) < 4.78 is 32.0. The lowest BCUT2D eigenvalue weighted by Gasteiger charge is -2.19. The van der Waals surface area contributed by atoms with Crippen LogP contribution < -0.4 is 9.46 Å². The van der Waals surface area contributed by atoms with E-state index in [1.54, 1.807) is 39.0 Å². The van der Waals surface area contributed by atoms with E-state index in [1.165, 1.54) is 12.1 Å². The quantitative estimate of drug-likeness (QED) is 0.806. The highest BCUT2D eigenvalue weighted by atomic mass is 32.2. The molecule has 0 bridgehead atoms. The second-order valence-corrected chi connectivity index (χ2v) is 7.75. The van der Waals surface area contributed by atoms with Gasteiger partial charge in [0.2, 0.25) is 10.0 Å². The van der Waals surface area contributed by atoms with Crippen LogP contribution in [0.3, 0.4) is 0 Å². The average Bonchev–Trinajstić information content (AvgIpc) is 2.62. The third-order valence-electron chi connectivity index (χ3n) is 4.01. The molecule has 0 aliphatic carbocycles. The van der Waals surface area contributed by atoms with E-state index in [9.17, 15) is 13.2 Å². The van der Waals surface area contributed by atoms with Crippen LogP contribution in [0.1, 0.15) is 28.4 Å². The lowest BCUT2D eigenvalue weighted by atomic mass is 10.1. The van der Waals surface area contributed by atoms with E-state index in [4.69, 9.17) is 4.74 Å². The smallest absolute Gasteiger partial charge is 0.254 e. The number of methoxy groups -OCH3 is 1. The van der Waals surface area contributed by atoms with Crippen LogP contribution >= 0.6 is 0 Å². The molecule has 6 nitrogen and oxygen atoms in total. The van der Waals surface area contributed by atoms with E-state index in [0.717, 1.165) is 16.9 Å². The highest BCUT2D eigenvalue weighted by molar-refractivity contribution is 7.89. The number of benzene rings is 2. The van der Waals surface area contributed by atoms with Gasteiger partial charge >= 0.3 is 0 Å². The summed E-state index contributed by atoms with van der Waals surface area (Å²) in [5.41, 5.74) is 2.06. The van der Waals surface area contributed by atoms with Crippen molar-refractivity contribution in [3.05, 3.63) is 59.2 Å². The van der Waals surface area contributed by atoms with E-state index in [2.05, 4.69) is 4.72 Å². The molecule has 0 aliphatic rings. The molecule has 0 saturated carbocycles. The maximum atomic E-state index is 12.8. The first-order valence-corrected chi connectivity index (χ1v) is 9.75. The minimum absolute atomic E-state index is 0.0890. The minimum Gasteiger partial charge on any atom is -0.497 e. The van der Waals surface area contributed by atoms with Crippen LogP contribution in [-0.4, -0.2) is 39.9 Å². The molecule has 1 amide bonds. The van der Waals surface area contributed by atoms with Crippen molar-refractivity contribution in [2.45, 2.75) is 25.3 Å². The molecule has 0 aromatic heterocycles. The van der Waals surface area contributed by atoms with Crippen LogP contribution in [0.2, 0.25) is 0 Å². The van der Waals surface area contributed by atoms with Gasteiger partial charge in [-0.2, -0.15) is 0 Å². The fourth-order valence-electron chi connectivity index (χ4n) is 2.55. The highest BCUT2D eigenvalue weighted by Gasteiger charge is 2.19. The number of hydrogen-bond acceptors (Lipinski definition) is 4. The zero-order chi connectivity index (χ0) is 19.3. The van der Waals surface area contributed by atoms with Gasteiger partial charge in [-0.05, 0) is 42.3 Å². The van der Waals surface area contributed by atoms with Crippen molar-refractivity contribution >= 4 is 15.9 Å². The van der Waals surface area contributed by atoms with E-state index in [0.29, 0.717) is 12.1 Å². The summed E-state index contributed by atoms with van der Waals surface area (Å²) in [6.07, 6.45) is 0. The Morgan fingerprint density at radius 2 is 1.81 bits per heavy atom. The highest BCUT2D eigenvalue weighted by Crippen LogP contribution is 2.19. The van der Waals surface area contributed by atoms with Crippen molar-refractivity contribution in [3.8, 4) is 5.75 Å². The molecule has 0 atom stereocenters. The molecule has 0 heterocycles. The van der Waals surface area contributed by atoms with Crippen molar-refractivity contribution in [1.82, 2.24) is 9.62 Å². The van der Waals surface area contributed by atoms with Gasteiger partial charge in [0.25, 0.3) is 5.91 Å². The predicted molar refractivity (Wildman–Crippen MR) is 101 cm³/mol. The Morgan fingerprint density at radius 1 is 1.15 bits per heavy atom. The molecule has 1 N–H and O–H groups in total. The third-order valence-corrected chi connectivity index (χ3v) is 5.55. The Kier molecular flexibility index (Phi) is 6.39. The number of nitrogens with zero attached hydrogens (tertiary/aromatic N) is 1. The summed E-state index contributed by atoms with van der Waals surface area (Å²) >= 11 is 0. The number of carbonyl (C=O) groups is 1.